The summed E-state index contributed by atoms with van der Waals surface area (Å²) >= 11 is 1.19. The number of aromatic nitrogens is 1. The Labute approximate surface area is 112 Å². The summed E-state index contributed by atoms with van der Waals surface area (Å²) in [4.78, 5) is 25.9. The zero-order valence-corrected chi connectivity index (χ0v) is 10.5. The second kappa shape index (κ2) is 5.96. The number of nitrogens with zero attached hydrogens (tertiary/aromatic N) is 1. The lowest BCUT2D eigenvalue weighted by Gasteiger charge is -1.97. The SMILES string of the molecule is O=C(C=Cc1ccco1)NCc1nc(C(=O)O)cs1. The van der Waals surface area contributed by atoms with E-state index in [1.165, 1.54) is 29.1 Å². The first-order valence-corrected chi connectivity index (χ1v) is 6.20. The fourth-order valence-corrected chi connectivity index (χ4v) is 1.96. The van der Waals surface area contributed by atoms with Crippen LogP contribution in [0.3, 0.4) is 0 Å². The minimum absolute atomic E-state index is 0.0135. The van der Waals surface area contributed by atoms with Crippen LogP contribution < -0.4 is 5.32 Å². The molecule has 0 atom stereocenters. The van der Waals surface area contributed by atoms with Crippen molar-refractivity contribution < 1.29 is 19.1 Å². The Hall–Kier alpha value is -2.41. The Morgan fingerprint density at radius 2 is 2.37 bits per heavy atom. The van der Waals surface area contributed by atoms with Gasteiger partial charge in [-0.05, 0) is 18.2 Å². The number of carboxylic acid groups (broad SMARTS) is 1. The molecule has 7 heteroatoms. The van der Waals surface area contributed by atoms with Gasteiger partial charge in [0.1, 0.15) is 10.8 Å². The molecule has 0 radical (unpaired) electrons. The van der Waals surface area contributed by atoms with Crippen LogP contribution in [0.15, 0.2) is 34.3 Å². The minimum Gasteiger partial charge on any atom is -0.476 e. The molecular formula is C12H10N2O4S. The molecule has 0 fully saturated rings. The topological polar surface area (TPSA) is 92.4 Å². The van der Waals surface area contributed by atoms with Gasteiger partial charge in [0.15, 0.2) is 5.69 Å². The van der Waals surface area contributed by atoms with Crippen LogP contribution in [-0.2, 0) is 11.3 Å². The molecule has 2 aromatic heterocycles. The number of carboxylic acids is 1. The molecule has 2 N–H and O–H groups in total. The van der Waals surface area contributed by atoms with Crippen LogP contribution in [0.4, 0.5) is 0 Å². The quantitative estimate of drug-likeness (QED) is 0.813. The number of amides is 1. The first-order chi connectivity index (χ1) is 9.15. The Balaban J connectivity index is 1.84. The summed E-state index contributed by atoms with van der Waals surface area (Å²) in [5.41, 5.74) is -0.0135. The second-order valence-electron chi connectivity index (χ2n) is 3.50. The van der Waals surface area contributed by atoms with Crippen LogP contribution in [0.2, 0.25) is 0 Å². The van der Waals surface area contributed by atoms with E-state index < -0.39 is 5.97 Å². The molecular weight excluding hydrogens is 268 g/mol. The van der Waals surface area contributed by atoms with Gasteiger partial charge in [-0.3, -0.25) is 4.79 Å². The molecule has 0 aromatic carbocycles. The monoisotopic (exact) mass is 278 g/mol. The Kier molecular flexibility index (Phi) is 4.09. The Morgan fingerprint density at radius 3 is 3.00 bits per heavy atom. The van der Waals surface area contributed by atoms with Gasteiger partial charge in [-0.1, -0.05) is 0 Å². The first-order valence-electron chi connectivity index (χ1n) is 5.32. The predicted octanol–water partition coefficient (Wildman–Crippen LogP) is 1.76. The lowest BCUT2D eigenvalue weighted by molar-refractivity contribution is -0.116. The van der Waals surface area contributed by atoms with E-state index in [-0.39, 0.29) is 18.1 Å². The third-order valence-corrected chi connectivity index (χ3v) is 2.98. The molecule has 1 amide bonds. The van der Waals surface area contributed by atoms with Crippen LogP contribution in [-0.4, -0.2) is 22.0 Å². The van der Waals surface area contributed by atoms with E-state index in [0.29, 0.717) is 10.8 Å². The maximum absolute atomic E-state index is 11.5. The minimum atomic E-state index is -1.08. The third-order valence-electron chi connectivity index (χ3n) is 2.13. The molecule has 6 nitrogen and oxygen atoms in total. The fraction of sp³-hybridized carbons (Fsp3) is 0.0833. The normalized spacial score (nSPS) is 10.7. The van der Waals surface area contributed by atoms with E-state index >= 15 is 0 Å². The van der Waals surface area contributed by atoms with Crippen molar-refractivity contribution in [1.29, 1.82) is 0 Å². The van der Waals surface area contributed by atoms with Gasteiger partial charge < -0.3 is 14.8 Å². The summed E-state index contributed by atoms with van der Waals surface area (Å²) in [7, 11) is 0. The highest BCUT2D eigenvalue weighted by Crippen LogP contribution is 2.09. The van der Waals surface area contributed by atoms with Crippen molar-refractivity contribution in [3.05, 3.63) is 46.3 Å². The smallest absolute Gasteiger partial charge is 0.355 e. The summed E-state index contributed by atoms with van der Waals surface area (Å²) in [6.07, 6.45) is 4.39. The third kappa shape index (κ3) is 3.78. The zero-order chi connectivity index (χ0) is 13.7. The summed E-state index contributed by atoms with van der Waals surface area (Å²) in [6, 6.07) is 3.45. The molecule has 0 aliphatic rings. The molecule has 98 valence electrons. The van der Waals surface area contributed by atoms with Crippen LogP contribution in [0.5, 0.6) is 0 Å². The van der Waals surface area contributed by atoms with E-state index in [2.05, 4.69) is 10.3 Å². The van der Waals surface area contributed by atoms with Gasteiger partial charge in [0.25, 0.3) is 0 Å². The Bertz CT molecular complexity index is 601. The molecule has 2 heterocycles. The van der Waals surface area contributed by atoms with Crippen LogP contribution >= 0.6 is 11.3 Å². The fourth-order valence-electron chi connectivity index (χ4n) is 1.26. The summed E-state index contributed by atoms with van der Waals surface area (Å²) in [5.74, 6) is -0.799. The second-order valence-corrected chi connectivity index (χ2v) is 4.44. The molecule has 0 unspecified atom stereocenters. The number of carbonyl (C=O) groups excluding carboxylic acids is 1. The van der Waals surface area contributed by atoms with Crippen LogP contribution in [0.1, 0.15) is 21.3 Å². The largest absolute Gasteiger partial charge is 0.476 e. The summed E-state index contributed by atoms with van der Waals surface area (Å²) < 4.78 is 5.03. The maximum atomic E-state index is 11.5. The van der Waals surface area contributed by atoms with Gasteiger partial charge >= 0.3 is 5.97 Å². The number of thiazole rings is 1. The number of carbonyl (C=O) groups is 2. The van der Waals surface area contributed by atoms with Crippen LogP contribution in [0, 0.1) is 0 Å². The van der Waals surface area contributed by atoms with Crippen molar-refractivity contribution in [2.24, 2.45) is 0 Å². The van der Waals surface area contributed by atoms with Crippen LogP contribution in [0.25, 0.3) is 6.08 Å². The van der Waals surface area contributed by atoms with E-state index in [1.807, 2.05) is 0 Å². The van der Waals surface area contributed by atoms with Gasteiger partial charge in [0, 0.05) is 11.5 Å². The highest BCUT2D eigenvalue weighted by Gasteiger charge is 2.08. The lowest BCUT2D eigenvalue weighted by Crippen LogP contribution is -2.20. The maximum Gasteiger partial charge on any atom is 0.355 e. The molecule has 0 spiro atoms. The number of furan rings is 1. The number of aromatic carboxylic acids is 1. The zero-order valence-electron chi connectivity index (χ0n) is 9.70. The lowest BCUT2D eigenvalue weighted by atomic mass is 10.4. The number of nitrogens with one attached hydrogen (secondary N) is 1. The predicted molar refractivity (Wildman–Crippen MR) is 68.7 cm³/mol. The van der Waals surface area contributed by atoms with E-state index in [9.17, 15) is 9.59 Å². The van der Waals surface area contributed by atoms with E-state index in [0.717, 1.165) is 0 Å². The molecule has 19 heavy (non-hydrogen) atoms. The van der Waals surface area contributed by atoms with Crippen molar-refractivity contribution in [3.63, 3.8) is 0 Å². The molecule has 0 aliphatic heterocycles. The molecule has 0 bridgehead atoms. The summed E-state index contributed by atoms with van der Waals surface area (Å²) in [5, 5.41) is 13.3. The number of rotatable bonds is 5. The first kappa shape index (κ1) is 13.0. The van der Waals surface area contributed by atoms with Crippen molar-refractivity contribution in [3.8, 4) is 0 Å². The van der Waals surface area contributed by atoms with Crippen molar-refractivity contribution in [2.45, 2.75) is 6.54 Å². The standard InChI is InChI=1S/C12H10N2O4S/c15-10(4-3-8-2-1-5-18-8)13-6-11-14-9(7-19-11)12(16)17/h1-5,7H,6H2,(H,13,15)(H,16,17). The average Bonchev–Trinajstić information content (AvgIpc) is 3.05. The molecule has 0 aliphatic carbocycles. The highest BCUT2D eigenvalue weighted by molar-refractivity contribution is 7.09. The molecule has 2 rings (SSSR count). The summed E-state index contributed by atoms with van der Waals surface area (Å²) in [6.45, 7) is 0.194. The van der Waals surface area contributed by atoms with Gasteiger partial charge in [0.2, 0.25) is 5.91 Å². The van der Waals surface area contributed by atoms with Gasteiger partial charge in [0.05, 0.1) is 12.8 Å². The highest BCUT2D eigenvalue weighted by atomic mass is 32.1. The van der Waals surface area contributed by atoms with Crippen molar-refractivity contribution >= 4 is 29.3 Å². The van der Waals surface area contributed by atoms with Crippen molar-refractivity contribution in [2.75, 3.05) is 0 Å². The van der Waals surface area contributed by atoms with Gasteiger partial charge in [-0.25, -0.2) is 9.78 Å². The Morgan fingerprint density at radius 1 is 1.53 bits per heavy atom. The van der Waals surface area contributed by atoms with Gasteiger partial charge in [-0.2, -0.15) is 0 Å². The molecule has 2 aromatic rings. The number of hydrogen-bond acceptors (Lipinski definition) is 5. The van der Waals surface area contributed by atoms with Crippen molar-refractivity contribution in [1.82, 2.24) is 10.3 Å². The van der Waals surface area contributed by atoms with Gasteiger partial charge in [-0.15, -0.1) is 11.3 Å². The average molecular weight is 278 g/mol. The molecule has 0 saturated carbocycles. The van der Waals surface area contributed by atoms with E-state index in [1.54, 1.807) is 18.2 Å². The number of hydrogen-bond donors (Lipinski definition) is 2. The van der Waals surface area contributed by atoms with E-state index in [4.69, 9.17) is 9.52 Å². The molecule has 0 saturated heterocycles.